The molecule has 176 valence electrons. The van der Waals surface area contributed by atoms with Gasteiger partial charge >= 0.3 is 0 Å². The van der Waals surface area contributed by atoms with Crippen molar-refractivity contribution >= 4 is 24.0 Å². The Bertz CT molecular complexity index is 1130. The van der Waals surface area contributed by atoms with Crippen LogP contribution in [-0.4, -0.2) is 31.6 Å². The summed E-state index contributed by atoms with van der Waals surface area (Å²) in [6, 6.07) is 16.9. The molecule has 1 heterocycles. The van der Waals surface area contributed by atoms with Crippen LogP contribution in [0.3, 0.4) is 0 Å². The monoisotopic (exact) mass is 464 g/mol. The minimum Gasteiger partial charge on any atom is -0.496 e. The second kappa shape index (κ2) is 9.18. The van der Waals surface area contributed by atoms with Gasteiger partial charge in [-0.3, -0.25) is 0 Å². The van der Waals surface area contributed by atoms with Crippen molar-refractivity contribution < 1.29 is 14.2 Å². The molecule has 1 aliphatic rings. The second-order valence-corrected chi connectivity index (χ2v) is 13.8. The Morgan fingerprint density at radius 3 is 1.91 bits per heavy atom. The van der Waals surface area contributed by atoms with Gasteiger partial charge in [-0.15, -0.1) is 0 Å². The molecule has 0 radical (unpaired) electrons. The molecule has 4 rings (SSSR count). The Morgan fingerprint density at radius 1 is 0.697 bits per heavy atom. The van der Waals surface area contributed by atoms with Gasteiger partial charge in [-0.2, -0.15) is 0 Å². The summed E-state index contributed by atoms with van der Waals surface area (Å²) in [7, 11) is 4.73. The number of ether oxygens (including phenoxy) is 3. The van der Waals surface area contributed by atoms with E-state index in [-0.39, 0.29) is 10.3 Å². The van der Waals surface area contributed by atoms with Crippen LogP contribution in [0.1, 0.15) is 53.4 Å². The number of hydrogen-bond donors (Lipinski definition) is 0. The van der Waals surface area contributed by atoms with Crippen LogP contribution < -0.4 is 19.5 Å². The maximum Gasteiger partial charge on any atom is 0.138 e. The minimum atomic E-state index is -0.588. The van der Waals surface area contributed by atoms with E-state index in [9.17, 15) is 0 Å². The first-order valence-electron chi connectivity index (χ1n) is 11.9. The van der Waals surface area contributed by atoms with Crippen molar-refractivity contribution in [3.8, 4) is 28.4 Å². The molecule has 0 atom stereocenters. The second-order valence-electron chi connectivity index (χ2n) is 10.2. The van der Waals surface area contributed by atoms with E-state index in [0.717, 1.165) is 28.4 Å². The zero-order chi connectivity index (χ0) is 23.8. The molecule has 3 nitrogen and oxygen atoms in total. The van der Waals surface area contributed by atoms with Gasteiger partial charge in [0.2, 0.25) is 0 Å². The fourth-order valence-electron chi connectivity index (χ4n) is 5.80. The molecule has 1 fully saturated rings. The summed E-state index contributed by atoms with van der Waals surface area (Å²) in [5.41, 5.74) is 2.15. The van der Waals surface area contributed by atoms with Crippen LogP contribution in [-0.2, 0) is 0 Å². The quantitative estimate of drug-likeness (QED) is 0.361. The molecule has 0 saturated carbocycles. The lowest BCUT2D eigenvalue weighted by Crippen LogP contribution is -2.34. The van der Waals surface area contributed by atoms with Crippen molar-refractivity contribution in [2.24, 2.45) is 0 Å². The summed E-state index contributed by atoms with van der Waals surface area (Å²) < 4.78 is 18.2. The van der Waals surface area contributed by atoms with Gasteiger partial charge < -0.3 is 14.2 Å². The lowest BCUT2D eigenvalue weighted by molar-refractivity contribution is 0.400. The average molecular weight is 465 g/mol. The molecule has 4 heteroatoms. The fraction of sp³-hybridized carbons (Fsp3) is 0.448. The highest BCUT2D eigenvalue weighted by Gasteiger charge is 2.45. The first kappa shape index (κ1) is 23.9. The summed E-state index contributed by atoms with van der Waals surface area (Å²) in [6.07, 6.45) is 4.99. The smallest absolute Gasteiger partial charge is 0.138 e. The van der Waals surface area contributed by atoms with E-state index in [0.29, 0.717) is 0 Å². The summed E-state index contributed by atoms with van der Waals surface area (Å²) in [6.45, 7) is 9.76. The standard InChI is InChI=1S/C29H37O3P/c1-28(2)18-10-11-19-29(3,4)33(28)27-24(31-6)17-15-22(26(27)32-7)25-21-13-9-8-12-20(21)14-16-23(25)30-5/h8-9,12-17H,10-11,18-19H2,1-7H3. The van der Waals surface area contributed by atoms with Crippen molar-refractivity contribution in [3.63, 3.8) is 0 Å². The summed E-state index contributed by atoms with van der Waals surface area (Å²) in [5, 5.41) is 3.96. The molecule has 3 aromatic carbocycles. The molecule has 0 unspecified atom stereocenters. The third-order valence-electron chi connectivity index (χ3n) is 7.16. The molecule has 1 aliphatic heterocycles. The van der Waals surface area contributed by atoms with E-state index < -0.39 is 7.92 Å². The van der Waals surface area contributed by atoms with Crippen LogP contribution >= 0.6 is 7.92 Å². The Kier molecular flexibility index (Phi) is 6.65. The number of rotatable bonds is 5. The van der Waals surface area contributed by atoms with E-state index in [1.807, 2.05) is 0 Å². The van der Waals surface area contributed by atoms with Gasteiger partial charge in [0.15, 0.2) is 0 Å². The minimum absolute atomic E-state index is 0.178. The highest BCUT2D eigenvalue weighted by Crippen LogP contribution is 2.66. The van der Waals surface area contributed by atoms with Gasteiger partial charge in [-0.1, -0.05) is 78.8 Å². The molecule has 0 spiro atoms. The van der Waals surface area contributed by atoms with Crippen molar-refractivity contribution in [2.75, 3.05) is 21.3 Å². The third-order valence-corrected chi connectivity index (χ3v) is 10.9. The number of hydrogen-bond acceptors (Lipinski definition) is 3. The first-order chi connectivity index (χ1) is 15.7. The van der Waals surface area contributed by atoms with Crippen LogP contribution in [0.25, 0.3) is 21.9 Å². The van der Waals surface area contributed by atoms with Crippen LogP contribution in [0.4, 0.5) is 0 Å². The molecule has 0 aliphatic carbocycles. The Hall–Kier alpha value is -2.25. The van der Waals surface area contributed by atoms with Gasteiger partial charge in [-0.25, -0.2) is 0 Å². The molecule has 0 aromatic heterocycles. The normalized spacial score (nSPS) is 18.0. The lowest BCUT2D eigenvalue weighted by atomic mass is 9.96. The van der Waals surface area contributed by atoms with Crippen molar-refractivity contribution in [1.29, 1.82) is 0 Å². The molecule has 3 aromatic rings. The van der Waals surface area contributed by atoms with Gasteiger partial charge in [0.05, 0.1) is 26.6 Å². The van der Waals surface area contributed by atoms with Crippen LogP contribution in [0.5, 0.6) is 17.2 Å². The van der Waals surface area contributed by atoms with Crippen molar-refractivity contribution in [3.05, 3.63) is 48.5 Å². The van der Waals surface area contributed by atoms with E-state index in [4.69, 9.17) is 14.2 Å². The molecule has 0 N–H and O–H groups in total. The average Bonchev–Trinajstić information content (AvgIpc) is 2.91. The summed E-state index contributed by atoms with van der Waals surface area (Å²) in [4.78, 5) is 0. The highest BCUT2D eigenvalue weighted by molar-refractivity contribution is 7.69. The predicted octanol–water partition coefficient (Wildman–Crippen LogP) is 7.77. The highest BCUT2D eigenvalue weighted by atomic mass is 31.1. The largest absolute Gasteiger partial charge is 0.496 e. The van der Waals surface area contributed by atoms with Gasteiger partial charge in [0.1, 0.15) is 17.2 Å². The van der Waals surface area contributed by atoms with Gasteiger partial charge in [0.25, 0.3) is 0 Å². The van der Waals surface area contributed by atoms with Crippen LogP contribution in [0.2, 0.25) is 0 Å². The SMILES string of the molecule is COc1ccc(-c2c(OC)ccc3ccccc23)c(OC)c1P1C(C)(C)CCCCC1(C)C. The van der Waals surface area contributed by atoms with E-state index >= 15 is 0 Å². The lowest BCUT2D eigenvalue weighted by Gasteiger charge is -2.45. The molecular formula is C29H37O3P. The molecule has 0 amide bonds. The van der Waals surface area contributed by atoms with Crippen LogP contribution in [0.15, 0.2) is 48.5 Å². The fourth-order valence-corrected chi connectivity index (χ4v) is 10.2. The number of fused-ring (bicyclic) bond motifs is 1. The van der Waals surface area contributed by atoms with E-state index in [1.54, 1.807) is 21.3 Å². The maximum absolute atomic E-state index is 6.28. The van der Waals surface area contributed by atoms with E-state index in [1.165, 1.54) is 41.8 Å². The topological polar surface area (TPSA) is 27.7 Å². The van der Waals surface area contributed by atoms with E-state index in [2.05, 4.69) is 76.2 Å². The Morgan fingerprint density at radius 2 is 1.30 bits per heavy atom. The predicted molar refractivity (Wildman–Crippen MR) is 142 cm³/mol. The molecule has 33 heavy (non-hydrogen) atoms. The first-order valence-corrected chi connectivity index (χ1v) is 13.2. The zero-order valence-corrected chi connectivity index (χ0v) is 22.0. The van der Waals surface area contributed by atoms with Crippen molar-refractivity contribution in [2.45, 2.75) is 63.7 Å². The van der Waals surface area contributed by atoms with Gasteiger partial charge in [-0.05, 0) is 52.1 Å². The maximum atomic E-state index is 6.28. The third kappa shape index (κ3) is 4.21. The summed E-state index contributed by atoms with van der Waals surface area (Å²) >= 11 is 0. The van der Waals surface area contributed by atoms with Crippen LogP contribution in [0, 0.1) is 0 Å². The van der Waals surface area contributed by atoms with Gasteiger partial charge in [0, 0.05) is 11.1 Å². The number of benzene rings is 3. The molecular weight excluding hydrogens is 427 g/mol. The zero-order valence-electron chi connectivity index (χ0n) is 21.1. The molecule has 0 bridgehead atoms. The Balaban J connectivity index is 2.08. The number of methoxy groups -OCH3 is 3. The summed E-state index contributed by atoms with van der Waals surface area (Å²) in [5.74, 6) is 2.72. The van der Waals surface area contributed by atoms with Crippen molar-refractivity contribution in [1.82, 2.24) is 0 Å². The molecule has 1 saturated heterocycles. The Labute approximate surface area is 200 Å².